The van der Waals surface area contributed by atoms with Gasteiger partial charge in [0.1, 0.15) is 0 Å². The van der Waals surface area contributed by atoms with Gasteiger partial charge in [-0.2, -0.15) is 0 Å². The third-order valence-electron chi connectivity index (χ3n) is 5.70. The third-order valence-corrected chi connectivity index (χ3v) is 6.48. The van der Waals surface area contributed by atoms with Gasteiger partial charge in [-0.3, -0.25) is 4.79 Å². The minimum atomic E-state index is -0.329. The summed E-state index contributed by atoms with van der Waals surface area (Å²) in [5.74, 6) is 0.372. The summed E-state index contributed by atoms with van der Waals surface area (Å²) in [5.41, 5.74) is 6.09. The van der Waals surface area contributed by atoms with E-state index in [1.165, 1.54) is 76.3 Å². The zero-order valence-electron chi connectivity index (χ0n) is 20.6. The lowest BCUT2D eigenvalue weighted by Gasteiger charge is -2.26. The number of ether oxygens (including phenoxy) is 1. The van der Waals surface area contributed by atoms with Crippen molar-refractivity contribution in [1.82, 2.24) is 0 Å². The van der Waals surface area contributed by atoms with Crippen molar-refractivity contribution >= 4 is 57.8 Å². The zero-order valence-corrected chi connectivity index (χ0v) is 24.5. The van der Waals surface area contributed by atoms with Gasteiger partial charge >= 0.3 is 5.97 Å². The fraction of sp³-hybridized carbons (Fsp3) is 0.731. The van der Waals surface area contributed by atoms with Gasteiger partial charge in [-0.25, -0.2) is 0 Å². The van der Waals surface area contributed by atoms with Gasteiger partial charge in [0.05, 0.1) is 10.0 Å². The standard InChI is InChI=1S/C26H42Cl3NO2.BrH/c1-4-5-6-7-8-9-10-11-12-14-20(19-26(2,3)30)15-13-16-24(31)32-25-22(28)17-21(27)18-23(25)29;/h17-18,20H,4-16,19,30H2,1-3H3;1H. The van der Waals surface area contributed by atoms with Crippen molar-refractivity contribution in [2.45, 2.75) is 116 Å². The van der Waals surface area contributed by atoms with E-state index in [0.717, 1.165) is 19.3 Å². The molecule has 0 aromatic heterocycles. The minimum absolute atomic E-state index is 0. The fourth-order valence-corrected chi connectivity index (χ4v) is 5.06. The number of esters is 1. The van der Waals surface area contributed by atoms with E-state index in [1.807, 2.05) is 0 Å². The molecule has 0 heterocycles. The lowest BCUT2D eigenvalue weighted by Crippen LogP contribution is -2.34. The highest BCUT2D eigenvalue weighted by atomic mass is 79.9. The van der Waals surface area contributed by atoms with Crippen LogP contribution in [0.1, 0.15) is 111 Å². The molecule has 0 saturated carbocycles. The number of carbonyl (C=O) groups is 1. The van der Waals surface area contributed by atoms with Crippen molar-refractivity contribution in [2.24, 2.45) is 11.7 Å². The highest BCUT2D eigenvalue weighted by Gasteiger charge is 2.20. The summed E-state index contributed by atoms with van der Waals surface area (Å²) in [7, 11) is 0. The molecule has 0 bridgehead atoms. The first-order valence-corrected chi connectivity index (χ1v) is 13.4. The molecule has 0 saturated heterocycles. The predicted octanol–water partition coefficient (Wildman–Crippen LogP) is 9.96. The topological polar surface area (TPSA) is 52.3 Å². The van der Waals surface area contributed by atoms with Crippen LogP contribution in [-0.4, -0.2) is 11.5 Å². The summed E-state index contributed by atoms with van der Waals surface area (Å²) < 4.78 is 5.39. The summed E-state index contributed by atoms with van der Waals surface area (Å²) in [6.07, 6.45) is 16.2. The van der Waals surface area contributed by atoms with E-state index in [1.54, 1.807) is 0 Å². The molecule has 0 amide bonds. The van der Waals surface area contributed by atoms with Crippen molar-refractivity contribution in [3.63, 3.8) is 0 Å². The van der Waals surface area contributed by atoms with E-state index in [2.05, 4.69) is 20.8 Å². The maximum atomic E-state index is 12.3. The summed E-state index contributed by atoms with van der Waals surface area (Å²) in [5, 5.41) is 0.886. The van der Waals surface area contributed by atoms with Crippen molar-refractivity contribution in [3.8, 4) is 5.75 Å². The van der Waals surface area contributed by atoms with Gasteiger partial charge in [0, 0.05) is 17.0 Å². The van der Waals surface area contributed by atoms with Gasteiger partial charge in [0.25, 0.3) is 0 Å². The highest BCUT2D eigenvalue weighted by Crippen LogP contribution is 2.36. The Hall–Kier alpha value is -0.000000000000000132. The fourth-order valence-electron chi connectivity index (χ4n) is 4.16. The van der Waals surface area contributed by atoms with Gasteiger partial charge in [-0.15, -0.1) is 17.0 Å². The second-order valence-corrected chi connectivity index (χ2v) is 11.0. The monoisotopic (exact) mass is 585 g/mol. The summed E-state index contributed by atoms with van der Waals surface area (Å²) in [6, 6.07) is 3.03. The van der Waals surface area contributed by atoms with E-state index < -0.39 is 0 Å². The number of rotatable bonds is 17. The third kappa shape index (κ3) is 16.3. The van der Waals surface area contributed by atoms with Crippen molar-refractivity contribution in [1.29, 1.82) is 0 Å². The van der Waals surface area contributed by atoms with Crippen LogP contribution in [0.25, 0.3) is 0 Å². The van der Waals surface area contributed by atoms with Crippen LogP contribution in [0.4, 0.5) is 0 Å². The summed E-state index contributed by atoms with van der Waals surface area (Å²) in [6.45, 7) is 6.41. The second-order valence-electron chi connectivity index (χ2n) is 9.74. The van der Waals surface area contributed by atoms with Gasteiger partial charge < -0.3 is 10.5 Å². The molecule has 1 atom stereocenters. The average Bonchev–Trinajstić information content (AvgIpc) is 2.68. The molecule has 0 aliphatic heterocycles. The maximum absolute atomic E-state index is 12.3. The van der Waals surface area contributed by atoms with Crippen molar-refractivity contribution < 1.29 is 9.53 Å². The van der Waals surface area contributed by atoms with Crippen LogP contribution in [0.15, 0.2) is 12.1 Å². The Kier molecular flexibility index (Phi) is 18.3. The Morgan fingerprint density at radius 1 is 0.909 bits per heavy atom. The van der Waals surface area contributed by atoms with E-state index in [0.29, 0.717) is 17.4 Å². The SMILES string of the molecule is Br.CCCCCCCCCCCC(CCCC(=O)Oc1c(Cl)cc(Cl)cc1Cl)CC(C)(C)N. The number of halogens is 4. The maximum Gasteiger partial charge on any atom is 0.311 e. The second kappa shape index (κ2) is 18.3. The van der Waals surface area contributed by atoms with Crippen LogP contribution in [0.2, 0.25) is 15.1 Å². The molecule has 0 spiro atoms. The Bertz CT molecular complexity index is 657. The molecular formula is C26H43BrCl3NO2. The molecule has 0 fully saturated rings. The quantitative estimate of drug-likeness (QED) is 0.112. The molecule has 3 nitrogen and oxygen atoms in total. The molecule has 0 aliphatic carbocycles. The van der Waals surface area contributed by atoms with E-state index in [4.69, 9.17) is 45.3 Å². The molecule has 192 valence electrons. The molecule has 1 rings (SSSR count). The molecule has 0 aliphatic rings. The molecule has 2 N–H and O–H groups in total. The van der Waals surface area contributed by atoms with Crippen molar-refractivity contribution in [2.75, 3.05) is 0 Å². The number of hydrogen-bond donors (Lipinski definition) is 1. The number of benzene rings is 1. The molecule has 1 aromatic rings. The normalized spacial score (nSPS) is 12.3. The Morgan fingerprint density at radius 2 is 1.39 bits per heavy atom. The summed E-state index contributed by atoms with van der Waals surface area (Å²) >= 11 is 18.1. The molecule has 1 aromatic carbocycles. The van der Waals surface area contributed by atoms with Crippen molar-refractivity contribution in [3.05, 3.63) is 27.2 Å². The van der Waals surface area contributed by atoms with Crippen LogP contribution in [0.3, 0.4) is 0 Å². The van der Waals surface area contributed by atoms with Gasteiger partial charge in [-0.1, -0.05) is 106 Å². The Morgan fingerprint density at radius 3 is 1.91 bits per heavy atom. The van der Waals surface area contributed by atoms with Crippen LogP contribution in [0.5, 0.6) is 5.75 Å². The van der Waals surface area contributed by atoms with Crippen LogP contribution in [0, 0.1) is 5.92 Å². The largest absolute Gasteiger partial charge is 0.423 e. The van der Waals surface area contributed by atoms with E-state index in [-0.39, 0.29) is 44.3 Å². The Balaban J connectivity index is 0.0000102. The number of hydrogen-bond acceptors (Lipinski definition) is 3. The molecule has 1 unspecified atom stereocenters. The number of carbonyl (C=O) groups excluding carboxylic acids is 1. The van der Waals surface area contributed by atoms with Gasteiger partial charge in [-0.05, 0) is 51.2 Å². The molecule has 33 heavy (non-hydrogen) atoms. The Labute approximate surface area is 227 Å². The average molecular weight is 588 g/mol. The first-order valence-electron chi connectivity index (χ1n) is 12.3. The first kappa shape index (κ1) is 33.0. The van der Waals surface area contributed by atoms with Crippen LogP contribution < -0.4 is 10.5 Å². The van der Waals surface area contributed by atoms with E-state index >= 15 is 0 Å². The predicted molar refractivity (Wildman–Crippen MR) is 149 cm³/mol. The zero-order chi connectivity index (χ0) is 24.0. The lowest BCUT2D eigenvalue weighted by molar-refractivity contribution is -0.134. The highest BCUT2D eigenvalue weighted by molar-refractivity contribution is 8.93. The van der Waals surface area contributed by atoms with Crippen LogP contribution >= 0.6 is 51.8 Å². The number of unbranched alkanes of at least 4 members (excludes halogenated alkanes) is 8. The first-order chi connectivity index (χ1) is 15.1. The summed E-state index contributed by atoms with van der Waals surface area (Å²) in [4.78, 5) is 12.3. The smallest absolute Gasteiger partial charge is 0.311 e. The molecular weight excluding hydrogens is 545 g/mol. The van der Waals surface area contributed by atoms with E-state index in [9.17, 15) is 4.79 Å². The molecule has 7 heteroatoms. The number of nitrogens with two attached hydrogens (primary N) is 1. The lowest BCUT2D eigenvalue weighted by atomic mass is 9.84. The molecule has 0 radical (unpaired) electrons. The van der Waals surface area contributed by atoms with Gasteiger partial charge in [0.15, 0.2) is 5.75 Å². The van der Waals surface area contributed by atoms with Crippen LogP contribution in [-0.2, 0) is 4.79 Å². The van der Waals surface area contributed by atoms with Gasteiger partial charge in [0.2, 0.25) is 0 Å². The minimum Gasteiger partial charge on any atom is -0.423 e.